The van der Waals surface area contributed by atoms with Crippen molar-refractivity contribution in [3.63, 3.8) is 0 Å². The van der Waals surface area contributed by atoms with Crippen LogP contribution in [-0.4, -0.2) is 32.1 Å². The molecule has 1 atom stereocenters. The predicted octanol–water partition coefficient (Wildman–Crippen LogP) is 5.87. The van der Waals surface area contributed by atoms with Gasteiger partial charge in [-0.25, -0.2) is 0 Å². The highest BCUT2D eigenvalue weighted by atomic mass is 16.6. The van der Waals surface area contributed by atoms with Crippen molar-refractivity contribution in [1.29, 1.82) is 0 Å². The summed E-state index contributed by atoms with van der Waals surface area (Å²) in [6.45, 7) is 11.2. The number of nitrogens with zero attached hydrogens (tertiary/aromatic N) is 1. The molecule has 0 N–H and O–H groups in total. The van der Waals surface area contributed by atoms with E-state index in [2.05, 4.69) is 5.16 Å². The number of oxime groups is 1. The maximum absolute atomic E-state index is 6.05. The van der Waals surface area contributed by atoms with Crippen LogP contribution in [0.2, 0.25) is 0 Å². The van der Waals surface area contributed by atoms with Crippen LogP contribution >= 0.6 is 0 Å². The first-order chi connectivity index (χ1) is 14.4. The van der Waals surface area contributed by atoms with E-state index < -0.39 is 0 Å². The van der Waals surface area contributed by atoms with Crippen molar-refractivity contribution in [2.75, 3.05) is 20.3 Å². The van der Waals surface area contributed by atoms with E-state index in [-0.39, 0.29) is 6.10 Å². The second-order valence-corrected chi connectivity index (χ2v) is 7.22. The van der Waals surface area contributed by atoms with Crippen molar-refractivity contribution in [3.05, 3.63) is 65.2 Å². The van der Waals surface area contributed by atoms with Crippen LogP contribution in [0.15, 0.2) is 53.7 Å². The maximum atomic E-state index is 6.05. The van der Waals surface area contributed by atoms with Gasteiger partial charge in [-0.3, -0.25) is 0 Å². The van der Waals surface area contributed by atoms with Crippen LogP contribution in [-0.2, 0) is 4.84 Å². The Bertz CT molecular complexity index is 833. The lowest BCUT2D eigenvalue weighted by atomic mass is 10.1. The fraction of sp³-hybridized carbons (Fsp3) is 0.400. The third-order valence-electron chi connectivity index (χ3n) is 4.62. The number of aryl methyl sites for hydroxylation is 2. The maximum Gasteiger partial charge on any atom is 0.125 e. The average molecular weight is 412 g/mol. The lowest BCUT2D eigenvalue weighted by Crippen LogP contribution is -2.16. The van der Waals surface area contributed by atoms with Gasteiger partial charge in [0.1, 0.15) is 31.0 Å². The van der Waals surface area contributed by atoms with Crippen molar-refractivity contribution in [2.24, 2.45) is 5.16 Å². The van der Waals surface area contributed by atoms with Gasteiger partial charge in [-0.05, 0) is 87.7 Å². The van der Waals surface area contributed by atoms with Crippen LogP contribution < -0.4 is 14.2 Å². The molecule has 2 rings (SSSR count). The molecule has 0 saturated carbocycles. The summed E-state index contributed by atoms with van der Waals surface area (Å²) < 4.78 is 17.8. The number of allylic oxidation sites excluding steroid dienone is 1. The van der Waals surface area contributed by atoms with Gasteiger partial charge in [0.15, 0.2) is 0 Å². The summed E-state index contributed by atoms with van der Waals surface area (Å²) in [4.78, 5) is 4.81. The fourth-order valence-electron chi connectivity index (χ4n) is 3.04. The molecule has 0 heterocycles. The van der Waals surface area contributed by atoms with Crippen molar-refractivity contribution in [1.82, 2.24) is 0 Å². The largest absolute Gasteiger partial charge is 0.493 e. The molecule has 162 valence electrons. The predicted molar refractivity (Wildman–Crippen MR) is 122 cm³/mol. The first-order valence-electron chi connectivity index (χ1n) is 10.3. The van der Waals surface area contributed by atoms with Crippen molar-refractivity contribution in [3.8, 4) is 17.2 Å². The molecule has 0 amide bonds. The highest BCUT2D eigenvalue weighted by Crippen LogP contribution is 2.29. The molecule has 0 bridgehead atoms. The van der Waals surface area contributed by atoms with E-state index in [1.165, 1.54) is 0 Å². The first kappa shape index (κ1) is 23.3. The minimum Gasteiger partial charge on any atom is -0.493 e. The fourth-order valence-corrected chi connectivity index (χ4v) is 3.04. The minimum absolute atomic E-state index is 0.0358. The molecule has 5 nitrogen and oxygen atoms in total. The van der Waals surface area contributed by atoms with Gasteiger partial charge in [0.05, 0.1) is 18.4 Å². The third-order valence-corrected chi connectivity index (χ3v) is 4.62. The smallest absolute Gasteiger partial charge is 0.125 e. The zero-order chi connectivity index (χ0) is 21.9. The summed E-state index contributed by atoms with van der Waals surface area (Å²) in [6.07, 6.45) is 4.78. The van der Waals surface area contributed by atoms with Crippen LogP contribution in [0.25, 0.3) is 0 Å². The molecular formula is C25H33NO4. The Hall–Kier alpha value is -2.95. The molecule has 0 aliphatic carbocycles. The summed E-state index contributed by atoms with van der Waals surface area (Å²) in [5.74, 6) is 2.60. The minimum atomic E-state index is 0.0358. The number of rotatable bonds is 11. The molecule has 0 aliphatic rings. The summed E-state index contributed by atoms with van der Waals surface area (Å²) >= 11 is 0. The van der Waals surface area contributed by atoms with Crippen molar-refractivity contribution < 1.29 is 19.0 Å². The van der Waals surface area contributed by atoms with E-state index in [1.807, 2.05) is 83.2 Å². The molecule has 0 fully saturated rings. The Morgan fingerprint density at radius 3 is 2.30 bits per heavy atom. The van der Waals surface area contributed by atoms with E-state index in [9.17, 15) is 0 Å². The van der Waals surface area contributed by atoms with Gasteiger partial charge in [0.2, 0.25) is 0 Å². The van der Waals surface area contributed by atoms with Gasteiger partial charge in [-0.1, -0.05) is 17.3 Å². The number of hydrogen-bond donors (Lipinski definition) is 0. The van der Waals surface area contributed by atoms with Gasteiger partial charge in [0.25, 0.3) is 0 Å². The van der Waals surface area contributed by atoms with Gasteiger partial charge >= 0.3 is 0 Å². The lowest BCUT2D eigenvalue weighted by molar-refractivity contribution is 0.176. The van der Waals surface area contributed by atoms with E-state index in [4.69, 9.17) is 19.0 Å². The molecule has 0 saturated heterocycles. The SMILES string of the molecule is C/C=C/COc1cc(C)c(OCCC(C)Oc2ccc(C(C)=NOC)cc2)c(C)c1. The van der Waals surface area contributed by atoms with Gasteiger partial charge in [0, 0.05) is 6.42 Å². The topological polar surface area (TPSA) is 49.3 Å². The Morgan fingerprint density at radius 1 is 1.03 bits per heavy atom. The molecule has 2 aromatic rings. The Balaban J connectivity index is 1.85. The second-order valence-electron chi connectivity index (χ2n) is 7.22. The van der Waals surface area contributed by atoms with Gasteiger partial charge < -0.3 is 19.0 Å². The first-order valence-corrected chi connectivity index (χ1v) is 10.3. The van der Waals surface area contributed by atoms with E-state index in [1.54, 1.807) is 7.11 Å². The van der Waals surface area contributed by atoms with Gasteiger partial charge in [-0.15, -0.1) is 0 Å². The lowest BCUT2D eigenvalue weighted by Gasteiger charge is -2.18. The van der Waals surface area contributed by atoms with E-state index in [0.717, 1.165) is 46.1 Å². The Labute approximate surface area is 180 Å². The number of hydrogen-bond acceptors (Lipinski definition) is 5. The highest BCUT2D eigenvalue weighted by molar-refractivity contribution is 5.98. The average Bonchev–Trinajstić information content (AvgIpc) is 2.71. The number of ether oxygens (including phenoxy) is 3. The molecule has 0 radical (unpaired) electrons. The summed E-state index contributed by atoms with van der Waals surface area (Å²) in [7, 11) is 1.54. The van der Waals surface area contributed by atoms with Crippen LogP contribution in [0.5, 0.6) is 17.2 Å². The van der Waals surface area contributed by atoms with Crippen molar-refractivity contribution >= 4 is 5.71 Å². The summed E-state index contributed by atoms with van der Waals surface area (Å²) in [6, 6.07) is 11.9. The molecule has 0 spiro atoms. The molecule has 2 aromatic carbocycles. The molecule has 0 aliphatic heterocycles. The zero-order valence-corrected chi connectivity index (χ0v) is 18.9. The monoisotopic (exact) mass is 411 g/mol. The standard InChI is InChI=1S/C25H33NO4/c1-7-8-14-28-24-16-18(2)25(19(3)17-24)29-15-13-20(4)30-23-11-9-22(10-12-23)21(5)26-27-6/h7-12,16-17,20H,13-15H2,1-6H3/b8-7+,26-21?. The second kappa shape index (κ2) is 11.9. The quantitative estimate of drug-likeness (QED) is 0.264. The molecule has 5 heteroatoms. The highest BCUT2D eigenvalue weighted by Gasteiger charge is 2.10. The Kier molecular flexibility index (Phi) is 9.26. The van der Waals surface area contributed by atoms with Crippen molar-refractivity contribution in [2.45, 2.75) is 47.1 Å². The third kappa shape index (κ3) is 7.14. The van der Waals surface area contributed by atoms with E-state index in [0.29, 0.717) is 13.2 Å². The van der Waals surface area contributed by atoms with Crippen LogP contribution in [0.4, 0.5) is 0 Å². The number of benzene rings is 2. The van der Waals surface area contributed by atoms with Crippen LogP contribution in [0.1, 0.15) is 43.9 Å². The molecule has 1 unspecified atom stereocenters. The molecular weight excluding hydrogens is 378 g/mol. The van der Waals surface area contributed by atoms with Crippen LogP contribution in [0, 0.1) is 13.8 Å². The Morgan fingerprint density at radius 2 is 1.70 bits per heavy atom. The van der Waals surface area contributed by atoms with Gasteiger partial charge in [-0.2, -0.15) is 0 Å². The van der Waals surface area contributed by atoms with Crippen LogP contribution in [0.3, 0.4) is 0 Å². The van der Waals surface area contributed by atoms with E-state index >= 15 is 0 Å². The molecule has 0 aromatic heterocycles. The normalized spacial score (nSPS) is 12.7. The summed E-state index contributed by atoms with van der Waals surface area (Å²) in [5, 5.41) is 3.94. The molecule has 30 heavy (non-hydrogen) atoms. The summed E-state index contributed by atoms with van der Waals surface area (Å²) in [5.41, 5.74) is 3.98. The zero-order valence-electron chi connectivity index (χ0n) is 18.9.